The van der Waals surface area contributed by atoms with E-state index < -0.39 is 5.91 Å². The highest BCUT2D eigenvalue weighted by Gasteiger charge is 2.34. The van der Waals surface area contributed by atoms with Gasteiger partial charge in [0.1, 0.15) is 11.4 Å². The molecule has 3 amide bonds. The number of aliphatic imine (C=N–C) groups is 1. The zero-order chi connectivity index (χ0) is 41.4. The molecule has 1 saturated heterocycles. The molecular formula is C44H42N8O7. The van der Waals surface area contributed by atoms with Gasteiger partial charge in [0.05, 0.1) is 43.6 Å². The van der Waals surface area contributed by atoms with E-state index >= 15 is 0 Å². The molecule has 3 aromatic carbocycles. The number of anilines is 2. The average Bonchev–Trinajstić information content (AvgIpc) is 4.01. The maximum absolute atomic E-state index is 13.6. The number of benzene rings is 3. The number of hydrogen-bond acceptors (Lipinski definition) is 9. The minimum atomic E-state index is -0.454. The summed E-state index contributed by atoms with van der Waals surface area (Å²) in [5, 5.41) is 6.51. The predicted octanol–water partition coefficient (Wildman–Crippen LogP) is 6.62. The fourth-order valence-corrected chi connectivity index (χ4v) is 7.38. The van der Waals surface area contributed by atoms with Gasteiger partial charge in [-0.25, -0.2) is 4.98 Å². The van der Waals surface area contributed by atoms with Crippen LogP contribution in [0.3, 0.4) is 0 Å². The molecule has 1 unspecified atom stereocenters. The largest absolute Gasteiger partial charge is 0.497 e. The Labute approximate surface area is 339 Å². The monoisotopic (exact) mass is 794 g/mol. The molecule has 2 aliphatic rings. The second kappa shape index (κ2) is 15.8. The standard InChI is InChI=1S/C44H42N8O7/c1-26-17-31-22-45-34-21-38(37(58-5)20-33(34)43(55)52(31)23-26)59-16-6-7-40(53)47-39-25-50(3)41(48-39)42(54)46-30-10-8-27(9-11-30)29-19-36(49(2)24-29)44(56)51-15-14-28-18-32(57-4)12-13-35(28)51/h8-15,18-22,24-25,31H,1,6-7,16-17,23H2,2-5H3,(H,46,54)(H,47,53). The van der Waals surface area contributed by atoms with Crippen LogP contribution in [0.2, 0.25) is 0 Å². The molecule has 0 aliphatic carbocycles. The Bertz CT molecular complexity index is 2690. The highest BCUT2D eigenvalue weighted by molar-refractivity contribution is 6.05. The Kier molecular flexibility index (Phi) is 10.3. The topological polar surface area (TPSA) is 163 Å². The van der Waals surface area contributed by atoms with Crippen LogP contribution in [0.25, 0.3) is 22.0 Å². The second-order valence-electron chi connectivity index (χ2n) is 14.5. The van der Waals surface area contributed by atoms with Crippen molar-refractivity contribution in [1.82, 2.24) is 23.6 Å². The molecular weight excluding hydrogens is 753 g/mol. The molecule has 0 bridgehead atoms. The summed E-state index contributed by atoms with van der Waals surface area (Å²) in [5.41, 5.74) is 5.47. The van der Waals surface area contributed by atoms with Gasteiger partial charge in [0.2, 0.25) is 11.7 Å². The third-order valence-corrected chi connectivity index (χ3v) is 10.4. The zero-order valence-corrected chi connectivity index (χ0v) is 33.0. The van der Waals surface area contributed by atoms with E-state index in [0.29, 0.717) is 53.5 Å². The van der Waals surface area contributed by atoms with Crippen LogP contribution >= 0.6 is 0 Å². The number of carbonyl (C=O) groups excluding carboxylic acids is 4. The Morgan fingerprint density at radius 3 is 2.49 bits per heavy atom. The van der Waals surface area contributed by atoms with Crippen LogP contribution < -0.4 is 24.8 Å². The van der Waals surface area contributed by atoms with Gasteiger partial charge in [0.25, 0.3) is 17.7 Å². The molecule has 1 fully saturated rings. The van der Waals surface area contributed by atoms with Crippen LogP contribution in [0.15, 0.2) is 102 Å². The van der Waals surface area contributed by atoms with E-state index in [1.807, 2.05) is 55.7 Å². The van der Waals surface area contributed by atoms with Gasteiger partial charge in [-0.2, -0.15) is 0 Å². The summed E-state index contributed by atoms with van der Waals surface area (Å²) in [6, 6.07) is 19.8. The molecule has 5 heterocycles. The van der Waals surface area contributed by atoms with E-state index in [1.165, 1.54) is 11.7 Å². The number of aryl methyl sites for hydroxylation is 2. The van der Waals surface area contributed by atoms with Gasteiger partial charge in [-0.15, -0.1) is 0 Å². The number of hydrogen-bond donors (Lipinski definition) is 2. The van der Waals surface area contributed by atoms with Crippen LogP contribution in [0.5, 0.6) is 17.2 Å². The van der Waals surface area contributed by atoms with Crippen LogP contribution in [0.4, 0.5) is 17.2 Å². The smallest absolute Gasteiger partial charge is 0.291 e. The highest BCUT2D eigenvalue weighted by atomic mass is 16.5. The first-order chi connectivity index (χ1) is 28.5. The van der Waals surface area contributed by atoms with Crippen molar-refractivity contribution < 1.29 is 33.4 Å². The number of nitrogens with zero attached hydrogens (tertiary/aromatic N) is 6. The van der Waals surface area contributed by atoms with Crippen molar-refractivity contribution in [2.24, 2.45) is 19.1 Å². The van der Waals surface area contributed by atoms with E-state index in [0.717, 1.165) is 33.4 Å². The van der Waals surface area contributed by atoms with Crippen molar-refractivity contribution in [2.45, 2.75) is 25.3 Å². The van der Waals surface area contributed by atoms with Gasteiger partial charge in [-0.1, -0.05) is 24.3 Å². The summed E-state index contributed by atoms with van der Waals surface area (Å²) in [6.45, 7) is 4.72. The Morgan fingerprint density at radius 1 is 0.898 bits per heavy atom. The molecule has 1 atom stereocenters. The Balaban J connectivity index is 0.839. The SMILES string of the molecule is C=C1CC2C=Nc3cc(OCCCC(=O)Nc4cn(C)c(C(=O)Nc5ccc(-c6cc(C(=O)n7ccc8cc(OC)ccc87)n(C)c6)cc5)n4)c(OC)cc3C(=O)N2C1. The van der Waals surface area contributed by atoms with Gasteiger partial charge in [0, 0.05) is 74.6 Å². The first-order valence-corrected chi connectivity index (χ1v) is 19.0. The number of nitrogens with one attached hydrogen (secondary N) is 2. The van der Waals surface area contributed by atoms with Crippen LogP contribution in [-0.4, -0.2) is 86.8 Å². The quantitative estimate of drug-likeness (QED) is 0.103. The van der Waals surface area contributed by atoms with Crippen molar-refractivity contribution in [2.75, 3.05) is 38.0 Å². The van der Waals surface area contributed by atoms with Gasteiger partial charge >= 0.3 is 0 Å². The zero-order valence-electron chi connectivity index (χ0n) is 33.0. The van der Waals surface area contributed by atoms with Gasteiger partial charge in [0.15, 0.2) is 17.3 Å². The molecule has 0 spiro atoms. The van der Waals surface area contributed by atoms with E-state index in [2.05, 4.69) is 27.2 Å². The van der Waals surface area contributed by atoms with E-state index in [1.54, 1.807) is 71.1 Å². The summed E-state index contributed by atoms with van der Waals surface area (Å²) >= 11 is 0. The van der Waals surface area contributed by atoms with Gasteiger partial charge < -0.3 is 38.9 Å². The van der Waals surface area contributed by atoms with Crippen LogP contribution in [-0.2, 0) is 18.9 Å². The fourth-order valence-electron chi connectivity index (χ4n) is 7.38. The third kappa shape index (κ3) is 7.69. The minimum absolute atomic E-state index is 0.108. The number of ether oxygens (including phenoxy) is 3. The third-order valence-electron chi connectivity index (χ3n) is 10.4. The molecule has 0 saturated carbocycles. The van der Waals surface area contributed by atoms with E-state index in [4.69, 9.17) is 14.2 Å². The van der Waals surface area contributed by atoms with Gasteiger partial charge in [-0.3, -0.25) is 28.7 Å². The number of imidazole rings is 1. The lowest BCUT2D eigenvalue weighted by Crippen LogP contribution is -2.35. The maximum Gasteiger partial charge on any atom is 0.291 e. The molecule has 300 valence electrons. The first kappa shape index (κ1) is 38.5. The Hall–Kier alpha value is -7.42. The van der Waals surface area contributed by atoms with Gasteiger partial charge in [-0.05, 0) is 66.9 Å². The predicted molar refractivity (Wildman–Crippen MR) is 223 cm³/mol. The highest BCUT2D eigenvalue weighted by Crippen LogP contribution is 2.38. The number of methoxy groups -OCH3 is 2. The minimum Gasteiger partial charge on any atom is -0.497 e. The summed E-state index contributed by atoms with van der Waals surface area (Å²) in [5.74, 6) is 0.832. The molecule has 6 aromatic rings. The van der Waals surface area contributed by atoms with Crippen molar-refractivity contribution in [3.63, 3.8) is 0 Å². The number of amides is 3. The lowest BCUT2D eigenvalue weighted by molar-refractivity contribution is -0.116. The summed E-state index contributed by atoms with van der Waals surface area (Å²) in [4.78, 5) is 63.5. The molecule has 15 heteroatoms. The fraction of sp³-hybridized carbons (Fsp3) is 0.227. The van der Waals surface area contributed by atoms with Crippen LogP contribution in [0, 0.1) is 0 Å². The summed E-state index contributed by atoms with van der Waals surface area (Å²) in [6.07, 6.45) is 8.17. The lowest BCUT2D eigenvalue weighted by atomic mass is 10.1. The number of rotatable bonds is 12. The number of fused-ring (bicyclic) bond motifs is 3. The summed E-state index contributed by atoms with van der Waals surface area (Å²) < 4.78 is 21.7. The second-order valence-corrected chi connectivity index (χ2v) is 14.5. The number of aromatic nitrogens is 4. The van der Waals surface area contributed by atoms with Crippen LogP contribution in [0.1, 0.15) is 50.7 Å². The molecule has 3 aromatic heterocycles. The van der Waals surface area contributed by atoms with E-state index in [-0.39, 0.29) is 48.4 Å². The average molecular weight is 795 g/mol. The lowest BCUT2D eigenvalue weighted by Gasteiger charge is -2.20. The molecule has 59 heavy (non-hydrogen) atoms. The first-order valence-electron chi connectivity index (χ1n) is 19.0. The molecule has 0 radical (unpaired) electrons. The van der Waals surface area contributed by atoms with Crippen molar-refractivity contribution in [1.29, 1.82) is 0 Å². The normalized spacial score (nSPS) is 14.5. The molecule has 15 nitrogen and oxygen atoms in total. The summed E-state index contributed by atoms with van der Waals surface area (Å²) in [7, 11) is 6.61. The van der Waals surface area contributed by atoms with Crippen molar-refractivity contribution >= 4 is 57.9 Å². The van der Waals surface area contributed by atoms with Crippen molar-refractivity contribution in [3.05, 3.63) is 115 Å². The molecule has 2 N–H and O–H groups in total. The van der Waals surface area contributed by atoms with Crippen molar-refractivity contribution in [3.8, 4) is 28.4 Å². The Morgan fingerprint density at radius 2 is 1.71 bits per heavy atom. The maximum atomic E-state index is 13.6. The van der Waals surface area contributed by atoms with E-state index in [9.17, 15) is 19.2 Å². The molecule has 8 rings (SSSR count). The molecule has 2 aliphatic heterocycles. The number of carbonyl (C=O) groups is 4.